The normalized spacial score (nSPS) is 14.3. The van der Waals surface area contributed by atoms with Crippen molar-refractivity contribution in [2.24, 2.45) is 0 Å². The minimum absolute atomic E-state index is 0.0971. The molecule has 0 unspecified atom stereocenters. The molecule has 3 heterocycles. The van der Waals surface area contributed by atoms with Crippen LogP contribution in [0.15, 0.2) is 41.1 Å². The number of carbonyl (C=O) groups is 1. The number of hydrogen-bond donors (Lipinski definition) is 0. The van der Waals surface area contributed by atoms with E-state index in [2.05, 4.69) is 26.9 Å². The Bertz CT molecular complexity index is 1000. The van der Waals surface area contributed by atoms with Crippen molar-refractivity contribution in [2.45, 2.75) is 27.2 Å². The smallest absolute Gasteiger partial charge is 0.253 e. The molecule has 0 radical (unpaired) electrons. The second-order valence-electron chi connectivity index (χ2n) is 7.35. The van der Waals surface area contributed by atoms with E-state index in [0.29, 0.717) is 31.2 Å². The van der Waals surface area contributed by atoms with E-state index in [4.69, 9.17) is 4.52 Å². The van der Waals surface area contributed by atoms with Gasteiger partial charge in [0.2, 0.25) is 11.7 Å². The number of amides is 1. The summed E-state index contributed by atoms with van der Waals surface area (Å²) in [5.74, 6) is 2.17. The molecular weight excluding hydrogens is 366 g/mol. The van der Waals surface area contributed by atoms with E-state index in [-0.39, 0.29) is 5.91 Å². The number of carbonyl (C=O) groups excluding carboxylic acids is 1. The fourth-order valence-electron chi connectivity index (χ4n) is 3.42. The first-order chi connectivity index (χ1) is 14.0. The lowest BCUT2D eigenvalue weighted by Gasteiger charge is -2.35. The number of aryl methyl sites for hydroxylation is 3. The van der Waals surface area contributed by atoms with E-state index >= 15 is 0 Å². The Hall–Kier alpha value is -3.22. The van der Waals surface area contributed by atoms with Crippen LogP contribution in [0.25, 0.3) is 11.4 Å². The Labute approximate surface area is 170 Å². The molecule has 2 aromatic heterocycles. The van der Waals surface area contributed by atoms with Crippen LogP contribution in [0, 0.1) is 13.8 Å². The van der Waals surface area contributed by atoms with Gasteiger partial charge in [-0.2, -0.15) is 4.98 Å². The van der Waals surface area contributed by atoms with Crippen molar-refractivity contribution < 1.29 is 9.32 Å². The van der Waals surface area contributed by atoms with Gasteiger partial charge in [0.05, 0.1) is 0 Å². The molecular formula is C22H25N5O2. The van der Waals surface area contributed by atoms with Gasteiger partial charge in [-0.05, 0) is 49.2 Å². The average molecular weight is 391 g/mol. The van der Waals surface area contributed by atoms with Crippen molar-refractivity contribution in [1.82, 2.24) is 20.0 Å². The van der Waals surface area contributed by atoms with Crippen LogP contribution in [0.2, 0.25) is 0 Å². The molecule has 0 atom stereocenters. The zero-order chi connectivity index (χ0) is 20.4. The molecule has 3 aromatic rings. The summed E-state index contributed by atoms with van der Waals surface area (Å²) < 4.78 is 5.16. The molecule has 150 valence electrons. The van der Waals surface area contributed by atoms with Crippen LogP contribution in [-0.4, -0.2) is 52.1 Å². The van der Waals surface area contributed by atoms with Crippen LogP contribution in [0.5, 0.6) is 0 Å². The topological polar surface area (TPSA) is 75.4 Å². The Morgan fingerprint density at radius 3 is 2.48 bits per heavy atom. The summed E-state index contributed by atoms with van der Waals surface area (Å²) in [6.07, 6.45) is 2.48. The number of aromatic nitrogens is 3. The van der Waals surface area contributed by atoms with Crippen molar-refractivity contribution in [3.05, 3.63) is 59.1 Å². The van der Waals surface area contributed by atoms with Crippen LogP contribution in [0.4, 0.5) is 5.82 Å². The molecule has 1 aliphatic rings. The summed E-state index contributed by atoms with van der Waals surface area (Å²) in [5.41, 5.74) is 3.94. The van der Waals surface area contributed by atoms with Crippen LogP contribution < -0.4 is 4.90 Å². The van der Waals surface area contributed by atoms with Crippen LogP contribution in [0.3, 0.4) is 0 Å². The molecule has 1 saturated heterocycles. The Kier molecular flexibility index (Phi) is 5.29. The lowest BCUT2D eigenvalue weighted by atomic mass is 10.1. The summed E-state index contributed by atoms with van der Waals surface area (Å²) in [6, 6.07) is 9.83. The van der Waals surface area contributed by atoms with Gasteiger partial charge in [0.25, 0.3) is 5.91 Å². The SMILES string of the molecule is CCc1nc(-c2ccc(N3CCN(C(=O)c4ccc(C)c(C)c4)CC3)nc2)no1. The van der Waals surface area contributed by atoms with Gasteiger partial charge in [0.15, 0.2) is 0 Å². The van der Waals surface area contributed by atoms with E-state index in [0.717, 1.165) is 35.6 Å². The highest BCUT2D eigenvalue weighted by atomic mass is 16.5. The zero-order valence-electron chi connectivity index (χ0n) is 17.1. The number of hydrogen-bond acceptors (Lipinski definition) is 6. The molecule has 7 heteroatoms. The van der Waals surface area contributed by atoms with Gasteiger partial charge in [-0.1, -0.05) is 18.1 Å². The maximum atomic E-state index is 12.8. The first-order valence-electron chi connectivity index (χ1n) is 9.95. The predicted molar refractivity (Wildman–Crippen MR) is 111 cm³/mol. The molecule has 4 rings (SSSR count). The summed E-state index contributed by atoms with van der Waals surface area (Å²) in [4.78, 5) is 25.8. The second-order valence-corrected chi connectivity index (χ2v) is 7.35. The Morgan fingerprint density at radius 1 is 1.07 bits per heavy atom. The Morgan fingerprint density at radius 2 is 1.86 bits per heavy atom. The molecule has 1 fully saturated rings. The number of rotatable bonds is 4. The molecule has 0 spiro atoms. The van der Waals surface area contributed by atoms with Gasteiger partial charge >= 0.3 is 0 Å². The molecule has 0 bridgehead atoms. The van der Waals surface area contributed by atoms with Crippen LogP contribution in [0.1, 0.15) is 34.3 Å². The zero-order valence-corrected chi connectivity index (χ0v) is 17.1. The first-order valence-corrected chi connectivity index (χ1v) is 9.95. The minimum atomic E-state index is 0.0971. The molecule has 1 aromatic carbocycles. The maximum Gasteiger partial charge on any atom is 0.253 e. The predicted octanol–water partition coefficient (Wildman–Crippen LogP) is 3.27. The van der Waals surface area contributed by atoms with E-state index in [1.165, 1.54) is 5.56 Å². The summed E-state index contributed by atoms with van der Waals surface area (Å²) >= 11 is 0. The third kappa shape index (κ3) is 3.99. The molecule has 7 nitrogen and oxygen atoms in total. The number of benzene rings is 1. The number of anilines is 1. The van der Waals surface area contributed by atoms with Crippen molar-refractivity contribution in [1.29, 1.82) is 0 Å². The van der Waals surface area contributed by atoms with Crippen LogP contribution in [-0.2, 0) is 6.42 Å². The van der Waals surface area contributed by atoms with Gasteiger partial charge in [0.1, 0.15) is 5.82 Å². The number of piperazine rings is 1. The van der Waals surface area contributed by atoms with Gasteiger partial charge < -0.3 is 14.3 Å². The van der Waals surface area contributed by atoms with E-state index in [9.17, 15) is 4.79 Å². The first kappa shape index (κ1) is 19.1. The summed E-state index contributed by atoms with van der Waals surface area (Å²) in [7, 11) is 0. The highest BCUT2D eigenvalue weighted by Gasteiger charge is 2.23. The average Bonchev–Trinajstić information content (AvgIpc) is 3.25. The largest absolute Gasteiger partial charge is 0.353 e. The molecule has 0 aliphatic carbocycles. The third-order valence-corrected chi connectivity index (χ3v) is 5.42. The fourth-order valence-corrected chi connectivity index (χ4v) is 3.42. The standard InChI is InChI=1S/C22H25N5O2/c1-4-20-24-21(25-29-20)18-7-8-19(23-14-18)26-9-11-27(12-10-26)22(28)17-6-5-15(2)16(3)13-17/h5-8,13-14H,4,9-12H2,1-3H3. The highest BCUT2D eigenvalue weighted by molar-refractivity contribution is 5.94. The van der Waals surface area contributed by atoms with E-state index in [1.807, 2.05) is 49.1 Å². The fraction of sp³-hybridized carbons (Fsp3) is 0.364. The van der Waals surface area contributed by atoms with Crippen molar-refractivity contribution >= 4 is 11.7 Å². The van der Waals surface area contributed by atoms with Gasteiger partial charge in [0, 0.05) is 49.9 Å². The molecule has 1 amide bonds. The monoisotopic (exact) mass is 391 g/mol. The van der Waals surface area contributed by atoms with Crippen LogP contribution >= 0.6 is 0 Å². The Balaban J connectivity index is 1.39. The number of nitrogens with zero attached hydrogens (tertiary/aromatic N) is 5. The summed E-state index contributed by atoms with van der Waals surface area (Å²) in [5, 5.41) is 3.99. The second kappa shape index (κ2) is 8.03. The van der Waals surface area contributed by atoms with Gasteiger partial charge in [-0.3, -0.25) is 4.79 Å². The van der Waals surface area contributed by atoms with Crippen molar-refractivity contribution in [3.63, 3.8) is 0 Å². The quantitative estimate of drug-likeness (QED) is 0.679. The van der Waals surface area contributed by atoms with Gasteiger partial charge in [-0.15, -0.1) is 0 Å². The molecule has 1 aliphatic heterocycles. The summed E-state index contributed by atoms with van der Waals surface area (Å²) in [6.45, 7) is 8.94. The minimum Gasteiger partial charge on any atom is -0.353 e. The molecule has 0 N–H and O–H groups in total. The van der Waals surface area contributed by atoms with Crippen molar-refractivity contribution in [2.75, 3.05) is 31.1 Å². The van der Waals surface area contributed by atoms with E-state index in [1.54, 1.807) is 6.20 Å². The maximum absolute atomic E-state index is 12.8. The van der Waals surface area contributed by atoms with E-state index < -0.39 is 0 Å². The molecule has 29 heavy (non-hydrogen) atoms. The van der Waals surface area contributed by atoms with Gasteiger partial charge in [-0.25, -0.2) is 4.98 Å². The third-order valence-electron chi connectivity index (χ3n) is 5.42. The van der Waals surface area contributed by atoms with Crippen molar-refractivity contribution in [3.8, 4) is 11.4 Å². The molecule has 0 saturated carbocycles. The lowest BCUT2D eigenvalue weighted by Crippen LogP contribution is -2.49. The lowest BCUT2D eigenvalue weighted by molar-refractivity contribution is 0.0746. The number of pyridine rings is 1. The highest BCUT2D eigenvalue weighted by Crippen LogP contribution is 2.20.